The van der Waals surface area contributed by atoms with Gasteiger partial charge in [-0.15, -0.1) is 0 Å². The number of rotatable bonds is 6. The van der Waals surface area contributed by atoms with Crippen LogP contribution in [0.15, 0.2) is 22.7 Å². The number of hydrazine groups is 1. The van der Waals surface area contributed by atoms with Crippen LogP contribution in [0, 0.1) is 5.92 Å². The Bertz CT molecular complexity index is 362. The first kappa shape index (κ1) is 14.9. The first-order chi connectivity index (χ1) is 8.10. The minimum Gasteiger partial charge on any atom is -0.385 e. The van der Waals surface area contributed by atoms with Crippen LogP contribution in [-0.4, -0.2) is 13.7 Å². The highest BCUT2D eigenvalue weighted by Gasteiger charge is 2.20. The summed E-state index contributed by atoms with van der Waals surface area (Å²) in [6.45, 7) is 2.84. The van der Waals surface area contributed by atoms with E-state index in [1.165, 1.54) is 0 Å². The largest absolute Gasteiger partial charge is 0.385 e. The van der Waals surface area contributed by atoms with Gasteiger partial charge in [0.1, 0.15) is 0 Å². The van der Waals surface area contributed by atoms with Gasteiger partial charge in [0.05, 0.1) is 6.04 Å². The standard InChI is InChI=1S/C12H18BrClN2O/c1-8(5-6-17-2)12(16-15)10-4-3-9(13)7-11(10)14/h3-4,7-8,12,16H,5-6,15H2,1-2H3. The van der Waals surface area contributed by atoms with Crippen LogP contribution in [0.4, 0.5) is 0 Å². The van der Waals surface area contributed by atoms with Crippen LogP contribution in [-0.2, 0) is 4.74 Å². The van der Waals surface area contributed by atoms with Gasteiger partial charge in [-0.25, -0.2) is 0 Å². The number of halogens is 2. The van der Waals surface area contributed by atoms with E-state index in [1.807, 2.05) is 18.2 Å². The number of methoxy groups -OCH3 is 1. The molecule has 17 heavy (non-hydrogen) atoms. The van der Waals surface area contributed by atoms with Crippen LogP contribution in [0.5, 0.6) is 0 Å². The maximum absolute atomic E-state index is 6.22. The lowest BCUT2D eigenvalue weighted by Gasteiger charge is -2.24. The summed E-state index contributed by atoms with van der Waals surface area (Å²) in [5, 5.41) is 0.714. The van der Waals surface area contributed by atoms with Gasteiger partial charge < -0.3 is 4.74 Å². The molecule has 1 rings (SSSR count). The molecule has 0 bridgehead atoms. The second-order valence-corrected chi connectivity index (χ2v) is 5.39. The molecule has 96 valence electrons. The van der Waals surface area contributed by atoms with Crippen molar-refractivity contribution in [3.05, 3.63) is 33.3 Å². The molecule has 0 spiro atoms. The van der Waals surface area contributed by atoms with Crippen LogP contribution < -0.4 is 11.3 Å². The van der Waals surface area contributed by atoms with E-state index < -0.39 is 0 Å². The SMILES string of the molecule is COCCC(C)C(NN)c1ccc(Br)cc1Cl. The molecule has 2 atom stereocenters. The zero-order valence-electron chi connectivity index (χ0n) is 10.0. The van der Waals surface area contributed by atoms with Crippen LogP contribution in [0.3, 0.4) is 0 Å². The van der Waals surface area contributed by atoms with Gasteiger partial charge in [-0.3, -0.25) is 11.3 Å². The van der Waals surface area contributed by atoms with Crippen molar-refractivity contribution >= 4 is 27.5 Å². The van der Waals surface area contributed by atoms with E-state index in [2.05, 4.69) is 28.3 Å². The molecule has 0 radical (unpaired) electrons. The summed E-state index contributed by atoms with van der Waals surface area (Å²) < 4.78 is 6.05. The number of benzene rings is 1. The third-order valence-corrected chi connectivity index (χ3v) is 3.64. The van der Waals surface area contributed by atoms with Crippen molar-refractivity contribution in [1.29, 1.82) is 0 Å². The number of hydrogen-bond acceptors (Lipinski definition) is 3. The number of hydrogen-bond donors (Lipinski definition) is 2. The van der Waals surface area contributed by atoms with E-state index in [0.29, 0.717) is 17.5 Å². The molecular formula is C12H18BrClN2O. The summed E-state index contributed by atoms with van der Waals surface area (Å²) in [6.07, 6.45) is 0.928. The summed E-state index contributed by atoms with van der Waals surface area (Å²) >= 11 is 9.61. The molecule has 2 unspecified atom stereocenters. The number of nitrogens with one attached hydrogen (secondary N) is 1. The first-order valence-corrected chi connectivity index (χ1v) is 6.67. The Morgan fingerprint density at radius 2 is 2.24 bits per heavy atom. The Balaban J connectivity index is 2.85. The molecule has 0 aliphatic heterocycles. The van der Waals surface area contributed by atoms with Crippen LogP contribution >= 0.6 is 27.5 Å². The van der Waals surface area contributed by atoms with Gasteiger partial charge >= 0.3 is 0 Å². The highest BCUT2D eigenvalue weighted by atomic mass is 79.9. The third kappa shape index (κ3) is 4.23. The summed E-state index contributed by atoms with van der Waals surface area (Å²) in [5.41, 5.74) is 3.85. The van der Waals surface area contributed by atoms with Gasteiger partial charge in [-0.2, -0.15) is 0 Å². The molecule has 0 fully saturated rings. The quantitative estimate of drug-likeness (QED) is 0.624. The summed E-state index contributed by atoms with van der Waals surface area (Å²) in [5.74, 6) is 5.97. The Kier molecular flexibility index (Phi) is 6.44. The van der Waals surface area contributed by atoms with Gasteiger partial charge in [0.2, 0.25) is 0 Å². The lowest BCUT2D eigenvalue weighted by atomic mass is 9.92. The molecule has 1 aromatic rings. The zero-order chi connectivity index (χ0) is 12.8. The van der Waals surface area contributed by atoms with Gasteiger partial charge in [-0.1, -0.05) is 40.5 Å². The van der Waals surface area contributed by atoms with Crippen molar-refractivity contribution < 1.29 is 4.74 Å². The Morgan fingerprint density at radius 1 is 1.53 bits per heavy atom. The summed E-state index contributed by atoms with van der Waals surface area (Å²) in [6, 6.07) is 5.87. The molecule has 0 aliphatic carbocycles. The summed E-state index contributed by atoms with van der Waals surface area (Å²) in [4.78, 5) is 0. The minimum atomic E-state index is 0.0331. The fraction of sp³-hybridized carbons (Fsp3) is 0.500. The average Bonchev–Trinajstić information content (AvgIpc) is 2.30. The lowest BCUT2D eigenvalue weighted by Crippen LogP contribution is -2.33. The number of nitrogens with two attached hydrogens (primary N) is 1. The molecule has 1 aromatic carbocycles. The second-order valence-electron chi connectivity index (χ2n) is 4.07. The van der Waals surface area contributed by atoms with Crippen molar-refractivity contribution in [2.75, 3.05) is 13.7 Å². The first-order valence-electron chi connectivity index (χ1n) is 5.50. The van der Waals surface area contributed by atoms with E-state index in [4.69, 9.17) is 22.2 Å². The van der Waals surface area contributed by atoms with E-state index >= 15 is 0 Å². The lowest BCUT2D eigenvalue weighted by molar-refractivity contribution is 0.170. The van der Waals surface area contributed by atoms with Crippen molar-refractivity contribution in [2.24, 2.45) is 11.8 Å². The number of ether oxygens (including phenoxy) is 1. The normalized spacial score (nSPS) is 14.6. The van der Waals surface area contributed by atoms with Gasteiger partial charge in [0, 0.05) is 23.2 Å². The molecule has 3 nitrogen and oxygen atoms in total. The highest BCUT2D eigenvalue weighted by Crippen LogP contribution is 2.31. The molecular weight excluding hydrogens is 304 g/mol. The van der Waals surface area contributed by atoms with Gasteiger partial charge in [-0.05, 0) is 30.0 Å². The second kappa shape index (κ2) is 7.34. The van der Waals surface area contributed by atoms with Crippen molar-refractivity contribution in [3.8, 4) is 0 Å². The molecule has 3 N–H and O–H groups in total. The molecule has 5 heteroatoms. The maximum atomic E-state index is 6.22. The molecule has 0 saturated carbocycles. The van der Waals surface area contributed by atoms with Crippen molar-refractivity contribution in [1.82, 2.24) is 5.43 Å². The van der Waals surface area contributed by atoms with Crippen LogP contribution in [0.25, 0.3) is 0 Å². The van der Waals surface area contributed by atoms with Gasteiger partial charge in [0.25, 0.3) is 0 Å². The third-order valence-electron chi connectivity index (χ3n) is 2.82. The predicted molar refractivity (Wildman–Crippen MR) is 74.9 cm³/mol. The Morgan fingerprint density at radius 3 is 2.76 bits per heavy atom. The maximum Gasteiger partial charge on any atom is 0.0501 e. The van der Waals surface area contributed by atoms with Gasteiger partial charge in [0.15, 0.2) is 0 Å². The highest BCUT2D eigenvalue weighted by molar-refractivity contribution is 9.10. The van der Waals surface area contributed by atoms with Crippen molar-refractivity contribution in [2.45, 2.75) is 19.4 Å². The van der Waals surface area contributed by atoms with Crippen LogP contribution in [0.1, 0.15) is 24.9 Å². The molecule has 0 amide bonds. The fourth-order valence-corrected chi connectivity index (χ4v) is 2.58. The Hall–Kier alpha value is -0.130. The van der Waals surface area contributed by atoms with E-state index in [1.54, 1.807) is 7.11 Å². The molecule has 0 heterocycles. The molecule has 0 saturated heterocycles. The summed E-state index contributed by atoms with van der Waals surface area (Å²) in [7, 11) is 1.70. The average molecular weight is 322 g/mol. The van der Waals surface area contributed by atoms with Crippen molar-refractivity contribution in [3.63, 3.8) is 0 Å². The van der Waals surface area contributed by atoms with Crippen LogP contribution in [0.2, 0.25) is 5.02 Å². The van der Waals surface area contributed by atoms with E-state index in [-0.39, 0.29) is 6.04 Å². The molecule has 0 aromatic heterocycles. The Labute approximate surface area is 116 Å². The fourth-order valence-electron chi connectivity index (χ4n) is 1.78. The van der Waals surface area contributed by atoms with E-state index in [9.17, 15) is 0 Å². The topological polar surface area (TPSA) is 47.3 Å². The zero-order valence-corrected chi connectivity index (χ0v) is 12.4. The van der Waals surface area contributed by atoms with E-state index in [0.717, 1.165) is 16.5 Å². The predicted octanol–water partition coefficient (Wildman–Crippen LogP) is 3.28. The monoisotopic (exact) mass is 320 g/mol. The minimum absolute atomic E-state index is 0.0331. The smallest absolute Gasteiger partial charge is 0.0501 e. The molecule has 0 aliphatic rings.